The van der Waals surface area contributed by atoms with Gasteiger partial charge in [0.25, 0.3) is 0 Å². The van der Waals surface area contributed by atoms with E-state index in [0.717, 1.165) is 29.5 Å². The number of ether oxygens (including phenoxy) is 1. The van der Waals surface area contributed by atoms with E-state index in [0.29, 0.717) is 0 Å². The van der Waals surface area contributed by atoms with E-state index in [1.807, 2.05) is 45.9 Å². The van der Waals surface area contributed by atoms with Crippen LogP contribution in [0.25, 0.3) is 0 Å². The molecule has 2 atom stereocenters. The number of carbonyl (C=O) groups is 3. The summed E-state index contributed by atoms with van der Waals surface area (Å²) in [6.07, 6.45) is 0.718. The van der Waals surface area contributed by atoms with E-state index >= 15 is 0 Å². The van der Waals surface area contributed by atoms with Crippen LogP contribution in [0.2, 0.25) is 0 Å². The van der Waals surface area contributed by atoms with Crippen molar-refractivity contribution in [2.75, 3.05) is 6.61 Å². The maximum atomic E-state index is 13.6. The fourth-order valence-corrected chi connectivity index (χ4v) is 3.70. The van der Waals surface area contributed by atoms with Gasteiger partial charge in [0, 0.05) is 12.1 Å². The first-order chi connectivity index (χ1) is 14.9. The number of amides is 3. The summed E-state index contributed by atoms with van der Waals surface area (Å²) in [5, 5.41) is 15.3. The topological polar surface area (TPSA) is 108 Å². The van der Waals surface area contributed by atoms with Crippen LogP contribution in [-0.2, 0) is 14.3 Å². The Hall–Kier alpha value is -2.61. The number of nitrogens with zero attached hydrogens (tertiary/aromatic N) is 1. The van der Waals surface area contributed by atoms with Crippen molar-refractivity contribution in [3.05, 3.63) is 34.9 Å². The molecular weight excluding hydrogens is 410 g/mol. The summed E-state index contributed by atoms with van der Waals surface area (Å²) in [5.74, 6) is -0.793. The summed E-state index contributed by atoms with van der Waals surface area (Å²) < 4.78 is 5.25. The molecule has 1 fully saturated rings. The Labute approximate surface area is 190 Å². The van der Waals surface area contributed by atoms with Crippen LogP contribution in [0.3, 0.4) is 0 Å². The Morgan fingerprint density at radius 2 is 1.69 bits per heavy atom. The van der Waals surface area contributed by atoms with Crippen molar-refractivity contribution in [1.29, 1.82) is 0 Å². The number of carbonyl (C=O) groups excluding carboxylic acids is 3. The quantitative estimate of drug-likeness (QED) is 0.568. The lowest BCUT2D eigenvalue weighted by atomic mass is 9.93. The van der Waals surface area contributed by atoms with Crippen LogP contribution in [0.4, 0.5) is 4.79 Å². The third-order valence-electron chi connectivity index (χ3n) is 5.14. The van der Waals surface area contributed by atoms with Gasteiger partial charge in [0.15, 0.2) is 0 Å². The van der Waals surface area contributed by atoms with Crippen molar-refractivity contribution >= 4 is 17.9 Å². The van der Waals surface area contributed by atoms with E-state index in [-0.39, 0.29) is 18.0 Å². The Morgan fingerprint density at radius 1 is 1.12 bits per heavy atom. The minimum Gasteiger partial charge on any atom is -0.444 e. The number of benzene rings is 1. The highest BCUT2D eigenvalue weighted by Crippen LogP contribution is 2.37. The number of hydrogen-bond acceptors (Lipinski definition) is 5. The Kier molecular flexibility index (Phi) is 8.29. The van der Waals surface area contributed by atoms with Gasteiger partial charge < -0.3 is 25.4 Å². The van der Waals surface area contributed by atoms with Crippen LogP contribution in [0.5, 0.6) is 0 Å². The Morgan fingerprint density at radius 3 is 2.12 bits per heavy atom. The van der Waals surface area contributed by atoms with Gasteiger partial charge in [0.1, 0.15) is 17.7 Å². The number of rotatable bonds is 8. The second kappa shape index (κ2) is 10.3. The highest BCUT2D eigenvalue weighted by molar-refractivity contribution is 5.93. The molecule has 3 amide bonds. The van der Waals surface area contributed by atoms with Gasteiger partial charge in [-0.1, -0.05) is 18.2 Å². The molecule has 0 radical (unpaired) electrons. The molecule has 1 aromatic rings. The van der Waals surface area contributed by atoms with Gasteiger partial charge in [0.2, 0.25) is 11.8 Å². The molecule has 2 rings (SSSR count). The third-order valence-corrected chi connectivity index (χ3v) is 5.14. The minimum absolute atomic E-state index is 0.112. The number of aryl methyl sites for hydroxylation is 2. The molecule has 1 aliphatic rings. The monoisotopic (exact) mass is 447 g/mol. The fraction of sp³-hybridized carbons (Fsp3) is 0.625. The van der Waals surface area contributed by atoms with Crippen molar-refractivity contribution in [1.82, 2.24) is 15.5 Å². The van der Waals surface area contributed by atoms with E-state index in [1.165, 1.54) is 4.90 Å². The number of aliphatic hydroxyl groups is 1. The average molecular weight is 448 g/mol. The largest absolute Gasteiger partial charge is 0.444 e. The second-order valence-corrected chi connectivity index (χ2v) is 9.73. The standard InChI is InChI=1S/C24H37N3O5/c1-14(2)25-21(29)20(19-15(3)9-8-10-16(19)4)27(17-11-12-17)22(30)18(13-28)26-23(31)32-24(5,6)7/h8-10,14,17-18,20,28H,11-13H2,1-7H3,(H,25,29)(H,26,31). The van der Waals surface area contributed by atoms with Gasteiger partial charge in [0.05, 0.1) is 6.61 Å². The number of alkyl carbamates (subject to hydrolysis) is 1. The highest BCUT2D eigenvalue weighted by Gasteiger charge is 2.44. The lowest BCUT2D eigenvalue weighted by Gasteiger charge is -2.36. The molecule has 0 aliphatic heterocycles. The maximum absolute atomic E-state index is 13.6. The lowest BCUT2D eigenvalue weighted by molar-refractivity contribution is -0.144. The molecule has 0 saturated heterocycles. The summed E-state index contributed by atoms with van der Waals surface area (Å²) in [5.41, 5.74) is 1.81. The van der Waals surface area contributed by atoms with Crippen LogP contribution >= 0.6 is 0 Å². The molecule has 8 heteroatoms. The average Bonchev–Trinajstić information content (AvgIpc) is 3.47. The van der Waals surface area contributed by atoms with E-state index in [4.69, 9.17) is 4.74 Å². The number of hydrogen-bond donors (Lipinski definition) is 3. The molecule has 32 heavy (non-hydrogen) atoms. The minimum atomic E-state index is -1.22. The molecule has 8 nitrogen and oxygen atoms in total. The van der Waals surface area contributed by atoms with Crippen molar-refractivity contribution in [2.45, 2.75) is 91.1 Å². The van der Waals surface area contributed by atoms with Crippen LogP contribution in [0.1, 0.15) is 70.2 Å². The molecular formula is C24H37N3O5. The summed E-state index contributed by atoms with van der Waals surface area (Å²) >= 11 is 0. The van der Waals surface area contributed by atoms with Gasteiger partial charge in [-0.3, -0.25) is 9.59 Å². The van der Waals surface area contributed by atoms with Crippen molar-refractivity contribution < 1.29 is 24.2 Å². The molecule has 1 aromatic carbocycles. The highest BCUT2D eigenvalue weighted by atomic mass is 16.6. The van der Waals surface area contributed by atoms with E-state index in [2.05, 4.69) is 10.6 Å². The number of aliphatic hydroxyl groups excluding tert-OH is 1. The normalized spacial score (nSPS) is 15.7. The van der Waals surface area contributed by atoms with Gasteiger partial charge in [-0.15, -0.1) is 0 Å². The molecule has 1 saturated carbocycles. The molecule has 0 heterocycles. The van der Waals surface area contributed by atoms with Crippen LogP contribution < -0.4 is 10.6 Å². The van der Waals surface area contributed by atoms with Crippen LogP contribution in [0.15, 0.2) is 18.2 Å². The zero-order chi connectivity index (χ0) is 24.2. The first kappa shape index (κ1) is 25.6. The summed E-state index contributed by atoms with van der Waals surface area (Å²) in [6.45, 7) is 12.1. The zero-order valence-corrected chi connectivity index (χ0v) is 20.2. The fourth-order valence-electron chi connectivity index (χ4n) is 3.70. The van der Waals surface area contributed by atoms with E-state index in [9.17, 15) is 19.5 Å². The van der Waals surface area contributed by atoms with E-state index < -0.39 is 36.3 Å². The number of nitrogens with one attached hydrogen (secondary N) is 2. The third kappa shape index (κ3) is 6.69. The summed E-state index contributed by atoms with van der Waals surface area (Å²) in [4.78, 5) is 40.8. The van der Waals surface area contributed by atoms with E-state index in [1.54, 1.807) is 20.8 Å². The van der Waals surface area contributed by atoms with Gasteiger partial charge in [-0.2, -0.15) is 0 Å². The first-order valence-electron chi connectivity index (χ1n) is 11.1. The lowest BCUT2D eigenvalue weighted by Crippen LogP contribution is -2.55. The van der Waals surface area contributed by atoms with Crippen molar-refractivity contribution in [3.8, 4) is 0 Å². The zero-order valence-electron chi connectivity index (χ0n) is 20.2. The molecule has 1 aliphatic carbocycles. The van der Waals surface area contributed by atoms with Crippen molar-refractivity contribution in [2.24, 2.45) is 0 Å². The predicted octanol–water partition coefficient (Wildman–Crippen LogP) is 2.75. The molecule has 3 N–H and O–H groups in total. The maximum Gasteiger partial charge on any atom is 0.408 e. The molecule has 0 aromatic heterocycles. The van der Waals surface area contributed by atoms with Crippen molar-refractivity contribution in [3.63, 3.8) is 0 Å². The summed E-state index contributed by atoms with van der Waals surface area (Å²) in [6, 6.07) is 3.40. The predicted molar refractivity (Wildman–Crippen MR) is 122 cm³/mol. The summed E-state index contributed by atoms with van der Waals surface area (Å²) in [7, 11) is 0. The second-order valence-electron chi connectivity index (χ2n) is 9.73. The van der Waals surface area contributed by atoms with Gasteiger partial charge in [-0.05, 0) is 78.0 Å². The van der Waals surface area contributed by atoms with Crippen LogP contribution in [0, 0.1) is 13.8 Å². The molecule has 2 unspecified atom stereocenters. The molecule has 0 bridgehead atoms. The first-order valence-corrected chi connectivity index (χ1v) is 11.1. The molecule has 0 spiro atoms. The van der Waals surface area contributed by atoms with Crippen LogP contribution in [-0.4, -0.2) is 58.2 Å². The van der Waals surface area contributed by atoms with Gasteiger partial charge in [-0.25, -0.2) is 4.79 Å². The van der Waals surface area contributed by atoms with Gasteiger partial charge >= 0.3 is 6.09 Å². The smallest absolute Gasteiger partial charge is 0.408 e. The SMILES string of the molecule is Cc1cccc(C)c1C(C(=O)NC(C)C)N(C(=O)C(CO)NC(=O)OC(C)(C)C)C1CC1. The Balaban J connectivity index is 2.44. The Bertz CT molecular complexity index is 822. The molecule has 178 valence electrons.